The van der Waals surface area contributed by atoms with Crippen molar-refractivity contribution in [3.63, 3.8) is 0 Å². The molecule has 0 bridgehead atoms. The number of nitrogens with two attached hydrogens (primary N) is 1. The summed E-state index contributed by atoms with van der Waals surface area (Å²) >= 11 is 3.39. The van der Waals surface area contributed by atoms with Crippen molar-refractivity contribution in [2.24, 2.45) is 0 Å². The maximum absolute atomic E-state index is 11.7. The van der Waals surface area contributed by atoms with Crippen molar-refractivity contribution in [3.8, 4) is 0 Å². The molecule has 0 radical (unpaired) electrons. The molecule has 1 aromatic carbocycles. The molecule has 2 aromatic rings. The summed E-state index contributed by atoms with van der Waals surface area (Å²) < 4.78 is 5.69. The van der Waals surface area contributed by atoms with E-state index in [1.807, 2.05) is 19.1 Å². The number of aromatic nitrogens is 1. The number of oxazole rings is 1. The quantitative estimate of drug-likeness (QED) is 0.892. The smallest absolute Gasteiger partial charge is 0.292 e. The van der Waals surface area contributed by atoms with Crippen molar-refractivity contribution >= 4 is 33.5 Å². The summed E-state index contributed by atoms with van der Waals surface area (Å²) in [6, 6.07) is 5.50. The number of amides is 1. The highest BCUT2D eigenvalue weighted by Crippen LogP contribution is 2.21. The largest absolute Gasteiger partial charge is 0.431 e. The second-order valence-electron chi connectivity index (χ2n) is 3.49. The molecule has 0 aliphatic carbocycles. The molecule has 0 saturated heterocycles. The van der Waals surface area contributed by atoms with Crippen LogP contribution < -0.4 is 11.1 Å². The molecule has 6 heteroatoms. The molecule has 0 aliphatic heterocycles. The molecule has 0 atom stereocenters. The van der Waals surface area contributed by atoms with E-state index >= 15 is 0 Å². The van der Waals surface area contributed by atoms with Gasteiger partial charge in [-0.25, -0.2) is 0 Å². The van der Waals surface area contributed by atoms with Crippen molar-refractivity contribution in [2.75, 3.05) is 11.1 Å². The molecule has 88 valence electrons. The highest BCUT2D eigenvalue weighted by molar-refractivity contribution is 9.10. The fourth-order valence-electron chi connectivity index (χ4n) is 1.26. The maximum atomic E-state index is 11.7. The number of hydrogen-bond donors (Lipinski definition) is 2. The van der Waals surface area contributed by atoms with Gasteiger partial charge in [-0.15, -0.1) is 0 Å². The van der Waals surface area contributed by atoms with Gasteiger partial charge in [-0.05, 0) is 24.6 Å². The van der Waals surface area contributed by atoms with Gasteiger partial charge in [0.15, 0.2) is 5.69 Å². The standard InChI is InChI=1S/C11H10BrN3O2/c1-6-2-3-7(4-8(6)12)14-10(16)9-5-17-11(13)15-9/h2-5H,1H3,(H2,13,15)(H,14,16). The van der Waals surface area contributed by atoms with E-state index in [-0.39, 0.29) is 17.6 Å². The van der Waals surface area contributed by atoms with Gasteiger partial charge in [-0.2, -0.15) is 4.98 Å². The topological polar surface area (TPSA) is 81.2 Å². The Hall–Kier alpha value is -1.82. The number of halogens is 1. The van der Waals surface area contributed by atoms with Gasteiger partial charge in [0.1, 0.15) is 6.26 Å². The van der Waals surface area contributed by atoms with Crippen LogP contribution in [0.25, 0.3) is 0 Å². The number of anilines is 2. The van der Waals surface area contributed by atoms with Gasteiger partial charge in [-0.1, -0.05) is 22.0 Å². The van der Waals surface area contributed by atoms with E-state index in [1.165, 1.54) is 6.26 Å². The number of nitrogens with one attached hydrogen (secondary N) is 1. The third kappa shape index (κ3) is 2.65. The summed E-state index contributed by atoms with van der Waals surface area (Å²) in [6.07, 6.45) is 1.22. The van der Waals surface area contributed by atoms with Crippen molar-refractivity contribution in [1.29, 1.82) is 0 Å². The van der Waals surface area contributed by atoms with E-state index < -0.39 is 0 Å². The number of benzene rings is 1. The predicted octanol–water partition coefficient (Wildman–Crippen LogP) is 2.58. The van der Waals surface area contributed by atoms with Gasteiger partial charge in [0.2, 0.25) is 0 Å². The summed E-state index contributed by atoms with van der Waals surface area (Å²) in [6.45, 7) is 1.97. The van der Waals surface area contributed by atoms with Crippen LogP contribution in [-0.4, -0.2) is 10.9 Å². The fraction of sp³-hybridized carbons (Fsp3) is 0.0909. The molecule has 17 heavy (non-hydrogen) atoms. The predicted molar refractivity (Wildman–Crippen MR) is 67.7 cm³/mol. The number of rotatable bonds is 2. The average molecular weight is 296 g/mol. The molecule has 0 saturated carbocycles. The first-order chi connectivity index (χ1) is 8.06. The Morgan fingerprint density at radius 3 is 2.88 bits per heavy atom. The van der Waals surface area contributed by atoms with Crippen molar-refractivity contribution in [3.05, 3.63) is 40.2 Å². The summed E-state index contributed by atoms with van der Waals surface area (Å²) in [5.74, 6) is -0.360. The Bertz CT molecular complexity index is 566. The third-order valence-corrected chi connectivity index (χ3v) is 3.04. The maximum Gasteiger partial charge on any atom is 0.292 e. The lowest BCUT2D eigenvalue weighted by Gasteiger charge is -2.04. The molecule has 5 nitrogen and oxygen atoms in total. The van der Waals surface area contributed by atoms with Crippen LogP contribution in [0, 0.1) is 6.92 Å². The van der Waals surface area contributed by atoms with Crippen LogP contribution in [0.15, 0.2) is 33.4 Å². The van der Waals surface area contributed by atoms with Crippen LogP contribution >= 0.6 is 15.9 Å². The highest BCUT2D eigenvalue weighted by atomic mass is 79.9. The molecule has 1 heterocycles. The zero-order chi connectivity index (χ0) is 12.4. The molecule has 0 spiro atoms. The Labute approximate surface area is 106 Å². The summed E-state index contributed by atoms with van der Waals surface area (Å²) in [5.41, 5.74) is 7.21. The van der Waals surface area contributed by atoms with Gasteiger partial charge in [0.05, 0.1) is 0 Å². The molecule has 0 unspecified atom stereocenters. The SMILES string of the molecule is Cc1ccc(NC(=O)c2coc(N)n2)cc1Br. The van der Waals surface area contributed by atoms with Crippen LogP contribution in [0.2, 0.25) is 0 Å². The fourth-order valence-corrected chi connectivity index (χ4v) is 1.64. The number of hydrogen-bond acceptors (Lipinski definition) is 4. The molecule has 1 amide bonds. The Kier molecular flexibility index (Phi) is 3.14. The minimum Gasteiger partial charge on any atom is -0.431 e. The zero-order valence-electron chi connectivity index (χ0n) is 9.03. The summed E-state index contributed by atoms with van der Waals surface area (Å²) in [7, 11) is 0. The second-order valence-corrected chi connectivity index (χ2v) is 4.34. The van der Waals surface area contributed by atoms with Gasteiger partial charge < -0.3 is 15.5 Å². The van der Waals surface area contributed by atoms with Crippen LogP contribution in [-0.2, 0) is 0 Å². The van der Waals surface area contributed by atoms with Gasteiger partial charge in [-0.3, -0.25) is 4.79 Å². The van der Waals surface area contributed by atoms with Crippen LogP contribution in [0.5, 0.6) is 0 Å². The molecule has 3 N–H and O–H groups in total. The monoisotopic (exact) mass is 295 g/mol. The molecular formula is C11H10BrN3O2. The minimum absolute atomic E-state index is 0.0276. The van der Waals surface area contributed by atoms with Gasteiger partial charge >= 0.3 is 0 Å². The summed E-state index contributed by atoms with van der Waals surface area (Å²) in [5, 5.41) is 2.69. The Morgan fingerprint density at radius 1 is 1.53 bits per heavy atom. The van der Waals surface area contributed by atoms with Crippen LogP contribution in [0.4, 0.5) is 11.7 Å². The molecule has 0 aliphatic rings. The highest BCUT2D eigenvalue weighted by Gasteiger charge is 2.11. The van der Waals surface area contributed by atoms with Gasteiger partial charge in [0, 0.05) is 10.2 Å². The molecule has 2 rings (SSSR count). The van der Waals surface area contributed by atoms with Crippen molar-refractivity contribution < 1.29 is 9.21 Å². The van der Waals surface area contributed by atoms with E-state index in [2.05, 4.69) is 26.2 Å². The van der Waals surface area contributed by atoms with Gasteiger partial charge in [0.25, 0.3) is 11.9 Å². The summed E-state index contributed by atoms with van der Waals surface area (Å²) in [4.78, 5) is 15.5. The first-order valence-corrected chi connectivity index (χ1v) is 5.64. The minimum atomic E-state index is -0.360. The molecule has 1 aromatic heterocycles. The molecular weight excluding hydrogens is 286 g/mol. The van der Waals surface area contributed by atoms with Crippen LogP contribution in [0.3, 0.4) is 0 Å². The second kappa shape index (κ2) is 4.58. The van der Waals surface area contributed by atoms with E-state index in [1.54, 1.807) is 6.07 Å². The normalized spacial score (nSPS) is 10.2. The lowest BCUT2D eigenvalue weighted by Crippen LogP contribution is -2.12. The average Bonchev–Trinajstić information content (AvgIpc) is 2.70. The number of carbonyl (C=O) groups excluding carboxylic acids is 1. The third-order valence-electron chi connectivity index (χ3n) is 2.18. The number of aryl methyl sites for hydroxylation is 1. The van der Waals surface area contributed by atoms with Crippen molar-refractivity contribution in [1.82, 2.24) is 4.98 Å². The number of nitrogen functional groups attached to an aromatic ring is 1. The van der Waals surface area contributed by atoms with E-state index in [0.29, 0.717) is 5.69 Å². The number of carbonyl (C=O) groups is 1. The van der Waals surface area contributed by atoms with E-state index in [9.17, 15) is 4.79 Å². The van der Waals surface area contributed by atoms with E-state index in [4.69, 9.17) is 10.2 Å². The van der Waals surface area contributed by atoms with Crippen molar-refractivity contribution in [2.45, 2.75) is 6.92 Å². The first kappa shape index (κ1) is 11.7. The number of nitrogens with zero attached hydrogens (tertiary/aromatic N) is 1. The zero-order valence-corrected chi connectivity index (χ0v) is 10.6. The Balaban J connectivity index is 2.15. The van der Waals surface area contributed by atoms with Crippen LogP contribution in [0.1, 0.15) is 16.1 Å². The lowest BCUT2D eigenvalue weighted by molar-refractivity contribution is 0.102. The molecule has 0 fully saturated rings. The van der Waals surface area contributed by atoms with E-state index in [0.717, 1.165) is 10.0 Å². The lowest BCUT2D eigenvalue weighted by atomic mass is 10.2. The Morgan fingerprint density at radius 2 is 2.29 bits per heavy atom. The first-order valence-electron chi connectivity index (χ1n) is 4.85.